The van der Waals surface area contributed by atoms with E-state index in [1.54, 1.807) is 17.4 Å². The second-order valence-electron chi connectivity index (χ2n) is 6.89. The molecule has 0 fully saturated rings. The maximum atomic E-state index is 12.5. The second-order valence-corrected chi connectivity index (χ2v) is 7.88. The Morgan fingerprint density at radius 2 is 2.04 bits per heavy atom. The fraction of sp³-hybridized carbons (Fsp3) is 0.450. The van der Waals surface area contributed by atoms with Crippen LogP contribution >= 0.6 is 11.3 Å². The standard InChI is InChI=1S/C20H24N4OS/c1-3-14(4-2)19-22-24-18(25)12-16(21-20(24)26-19)13-23-11-7-9-15-8-5-6-10-17(15)23/h5-6,8,10,12,14H,3-4,7,9,11,13H2,1-2H3. The summed E-state index contributed by atoms with van der Waals surface area (Å²) in [4.78, 5) is 20.3. The summed E-state index contributed by atoms with van der Waals surface area (Å²) in [6.45, 7) is 5.99. The molecule has 1 aromatic carbocycles. The van der Waals surface area contributed by atoms with Crippen molar-refractivity contribution in [3.8, 4) is 0 Å². The predicted molar refractivity (Wildman–Crippen MR) is 106 cm³/mol. The molecule has 6 heteroatoms. The van der Waals surface area contributed by atoms with E-state index < -0.39 is 0 Å². The van der Waals surface area contributed by atoms with Crippen LogP contribution in [0.3, 0.4) is 0 Å². The van der Waals surface area contributed by atoms with Crippen molar-refractivity contribution in [2.24, 2.45) is 0 Å². The van der Waals surface area contributed by atoms with Gasteiger partial charge >= 0.3 is 0 Å². The first-order valence-electron chi connectivity index (χ1n) is 9.42. The Kier molecular flexibility index (Phi) is 4.76. The van der Waals surface area contributed by atoms with Crippen LogP contribution in [0.1, 0.15) is 55.3 Å². The van der Waals surface area contributed by atoms with Crippen LogP contribution in [0, 0.1) is 0 Å². The number of para-hydroxylation sites is 1. The summed E-state index contributed by atoms with van der Waals surface area (Å²) >= 11 is 1.55. The molecule has 1 aliphatic rings. The Balaban J connectivity index is 1.67. The molecule has 0 amide bonds. The first-order chi connectivity index (χ1) is 12.7. The number of rotatable bonds is 5. The lowest BCUT2D eigenvalue weighted by Gasteiger charge is -2.30. The number of fused-ring (bicyclic) bond motifs is 2. The lowest BCUT2D eigenvalue weighted by atomic mass is 10.0. The predicted octanol–water partition coefficient (Wildman–Crippen LogP) is 4.01. The Labute approximate surface area is 157 Å². The summed E-state index contributed by atoms with van der Waals surface area (Å²) in [5, 5.41) is 5.54. The zero-order valence-electron chi connectivity index (χ0n) is 15.3. The minimum atomic E-state index is -0.0799. The van der Waals surface area contributed by atoms with Crippen LogP contribution in [0.2, 0.25) is 0 Å². The van der Waals surface area contributed by atoms with Crippen LogP contribution in [0.15, 0.2) is 35.1 Å². The molecule has 136 valence electrons. The van der Waals surface area contributed by atoms with Gasteiger partial charge in [-0.2, -0.15) is 9.61 Å². The van der Waals surface area contributed by atoms with Gasteiger partial charge in [0.2, 0.25) is 4.96 Å². The van der Waals surface area contributed by atoms with E-state index >= 15 is 0 Å². The Hall–Kier alpha value is -2.21. The van der Waals surface area contributed by atoms with E-state index in [0.29, 0.717) is 17.4 Å². The highest BCUT2D eigenvalue weighted by molar-refractivity contribution is 7.16. The van der Waals surface area contributed by atoms with Gasteiger partial charge in [-0.05, 0) is 37.3 Å². The van der Waals surface area contributed by atoms with E-state index in [1.165, 1.54) is 15.8 Å². The molecule has 0 radical (unpaired) electrons. The maximum Gasteiger partial charge on any atom is 0.275 e. The summed E-state index contributed by atoms with van der Waals surface area (Å²) in [6, 6.07) is 10.2. The average Bonchev–Trinajstić information content (AvgIpc) is 3.07. The van der Waals surface area contributed by atoms with Gasteiger partial charge in [0.25, 0.3) is 5.56 Å². The molecule has 0 unspecified atom stereocenters. The average molecular weight is 369 g/mol. The number of hydrogen-bond donors (Lipinski definition) is 0. The topological polar surface area (TPSA) is 50.5 Å². The van der Waals surface area contributed by atoms with Crippen LogP contribution in [-0.2, 0) is 13.0 Å². The number of aromatic nitrogens is 3. The molecule has 0 spiro atoms. The fourth-order valence-corrected chi connectivity index (χ4v) is 4.92. The second kappa shape index (κ2) is 7.19. The van der Waals surface area contributed by atoms with E-state index in [2.05, 4.69) is 48.1 Å². The summed E-state index contributed by atoms with van der Waals surface area (Å²) in [7, 11) is 0. The van der Waals surface area contributed by atoms with Gasteiger partial charge in [0, 0.05) is 24.2 Å². The lowest BCUT2D eigenvalue weighted by molar-refractivity contribution is 0.623. The first-order valence-corrected chi connectivity index (χ1v) is 10.2. The van der Waals surface area contributed by atoms with Crippen molar-refractivity contribution < 1.29 is 0 Å². The molecule has 0 N–H and O–H groups in total. The number of hydrogen-bond acceptors (Lipinski definition) is 5. The molecule has 0 saturated heterocycles. The summed E-state index contributed by atoms with van der Waals surface area (Å²) in [6.07, 6.45) is 4.32. The summed E-state index contributed by atoms with van der Waals surface area (Å²) in [5.74, 6) is 0.401. The number of aryl methyl sites for hydroxylation is 1. The van der Waals surface area contributed by atoms with Crippen LogP contribution < -0.4 is 10.5 Å². The zero-order valence-corrected chi connectivity index (χ0v) is 16.1. The molecule has 0 aliphatic carbocycles. The van der Waals surface area contributed by atoms with E-state index in [4.69, 9.17) is 4.98 Å². The third-order valence-electron chi connectivity index (χ3n) is 5.21. The molecule has 2 aromatic heterocycles. The number of nitrogens with zero attached hydrogens (tertiary/aromatic N) is 4. The molecular formula is C20H24N4OS. The van der Waals surface area contributed by atoms with E-state index in [1.807, 2.05) is 0 Å². The van der Waals surface area contributed by atoms with Crippen LogP contribution in [0.5, 0.6) is 0 Å². The maximum absolute atomic E-state index is 12.5. The van der Waals surface area contributed by atoms with Gasteiger partial charge in [-0.3, -0.25) is 4.79 Å². The molecule has 3 heterocycles. The molecule has 26 heavy (non-hydrogen) atoms. The van der Waals surface area contributed by atoms with Gasteiger partial charge in [0.05, 0.1) is 12.2 Å². The molecular weight excluding hydrogens is 344 g/mol. The van der Waals surface area contributed by atoms with E-state index in [9.17, 15) is 4.79 Å². The third-order valence-corrected chi connectivity index (χ3v) is 6.28. The zero-order chi connectivity index (χ0) is 18.1. The Bertz CT molecular complexity index is 973. The number of anilines is 1. The van der Waals surface area contributed by atoms with Crippen molar-refractivity contribution in [3.63, 3.8) is 0 Å². The van der Waals surface area contributed by atoms with Gasteiger partial charge in [-0.1, -0.05) is 43.4 Å². The molecule has 0 saturated carbocycles. The van der Waals surface area contributed by atoms with E-state index in [0.717, 1.165) is 42.9 Å². The minimum absolute atomic E-state index is 0.0799. The minimum Gasteiger partial charge on any atom is -0.365 e. The van der Waals surface area contributed by atoms with Gasteiger partial charge in [0.15, 0.2) is 0 Å². The van der Waals surface area contributed by atoms with Crippen LogP contribution in [0.4, 0.5) is 5.69 Å². The first kappa shape index (κ1) is 17.2. The highest BCUT2D eigenvalue weighted by atomic mass is 32.1. The summed E-state index contributed by atoms with van der Waals surface area (Å²) < 4.78 is 1.46. The highest BCUT2D eigenvalue weighted by Crippen LogP contribution is 2.29. The van der Waals surface area contributed by atoms with Crippen LogP contribution in [0.25, 0.3) is 4.96 Å². The highest BCUT2D eigenvalue weighted by Gasteiger charge is 2.19. The molecule has 4 rings (SSSR count). The van der Waals surface area contributed by atoms with Crippen molar-refractivity contribution in [3.05, 3.63) is 57.0 Å². The van der Waals surface area contributed by atoms with Gasteiger partial charge < -0.3 is 4.90 Å². The van der Waals surface area contributed by atoms with Crippen LogP contribution in [-0.4, -0.2) is 21.1 Å². The molecule has 1 aliphatic heterocycles. The molecule has 0 bridgehead atoms. The largest absolute Gasteiger partial charge is 0.365 e. The quantitative estimate of drug-likeness (QED) is 0.683. The van der Waals surface area contributed by atoms with Crippen molar-refractivity contribution in [1.82, 2.24) is 14.6 Å². The monoisotopic (exact) mass is 368 g/mol. The Morgan fingerprint density at radius 3 is 2.85 bits per heavy atom. The third kappa shape index (κ3) is 3.14. The number of benzene rings is 1. The molecule has 3 aromatic rings. The van der Waals surface area contributed by atoms with Crippen molar-refractivity contribution in [2.75, 3.05) is 11.4 Å². The van der Waals surface area contributed by atoms with Crippen molar-refractivity contribution >= 4 is 22.0 Å². The SMILES string of the molecule is CCC(CC)c1nn2c(=O)cc(CN3CCCc4ccccc43)nc2s1. The normalized spacial score (nSPS) is 14.2. The smallest absolute Gasteiger partial charge is 0.275 e. The van der Waals surface area contributed by atoms with Gasteiger partial charge in [-0.15, -0.1) is 0 Å². The lowest BCUT2D eigenvalue weighted by Crippen LogP contribution is -2.30. The van der Waals surface area contributed by atoms with Gasteiger partial charge in [0.1, 0.15) is 5.01 Å². The van der Waals surface area contributed by atoms with Crippen molar-refractivity contribution in [2.45, 2.75) is 52.0 Å². The molecule has 0 atom stereocenters. The Morgan fingerprint density at radius 1 is 1.23 bits per heavy atom. The molecule has 5 nitrogen and oxygen atoms in total. The van der Waals surface area contributed by atoms with Crippen molar-refractivity contribution in [1.29, 1.82) is 0 Å². The van der Waals surface area contributed by atoms with E-state index in [-0.39, 0.29) is 5.56 Å². The summed E-state index contributed by atoms with van der Waals surface area (Å²) in [5.41, 5.74) is 3.39. The fourth-order valence-electron chi connectivity index (χ4n) is 3.73. The van der Waals surface area contributed by atoms with Gasteiger partial charge in [-0.25, -0.2) is 4.98 Å².